The van der Waals surface area contributed by atoms with E-state index in [1.165, 1.54) is 25.7 Å². The van der Waals surface area contributed by atoms with Crippen molar-refractivity contribution in [2.75, 3.05) is 6.54 Å². The molecule has 2 atom stereocenters. The van der Waals surface area contributed by atoms with Gasteiger partial charge in [-0.25, -0.2) is 0 Å². The lowest BCUT2D eigenvalue weighted by Gasteiger charge is -2.23. The van der Waals surface area contributed by atoms with Crippen molar-refractivity contribution in [2.45, 2.75) is 78.7 Å². The molecule has 0 aromatic heterocycles. The van der Waals surface area contributed by atoms with Crippen LogP contribution in [0.25, 0.3) is 0 Å². The zero-order valence-corrected chi connectivity index (χ0v) is 14.8. The van der Waals surface area contributed by atoms with Gasteiger partial charge in [0.15, 0.2) is 0 Å². The fourth-order valence-electron chi connectivity index (χ4n) is 2.19. The van der Waals surface area contributed by atoms with Gasteiger partial charge in [-0.1, -0.05) is 65.9 Å². The second-order valence-electron chi connectivity index (χ2n) is 6.18. The van der Waals surface area contributed by atoms with Gasteiger partial charge < -0.3 is 10.6 Å². The molecule has 0 aromatic carbocycles. The molecule has 0 heterocycles. The molecule has 0 bridgehead atoms. The number of nitrogens with one attached hydrogen (secondary N) is 2. The Morgan fingerprint density at radius 2 is 1.64 bits per heavy atom. The van der Waals surface area contributed by atoms with E-state index in [1.54, 1.807) is 6.92 Å². The Kier molecular flexibility index (Phi) is 11.5. The first kappa shape index (κ1) is 20.7. The maximum absolute atomic E-state index is 12.3. The summed E-state index contributed by atoms with van der Waals surface area (Å²) in [5, 5.41) is 5.74. The van der Waals surface area contributed by atoms with E-state index >= 15 is 0 Å². The van der Waals surface area contributed by atoms with E-state index in [-0.39, 0.29) is 17.7 Å². The molecule has 0 aliphatic rings. The summed E-state index contributed by atoms with van der Waals surface area (Å²) >= 11 is 0. The molecule has 4 heteroatoms. The van der Waals surface area contributed by atoms with Crippen LogP contribution in [0, 0.1) is 5.92 Å². The third-order valence-electron chi connectivity index (χ3n) is 4.00. The molecule has 0 spiro atoms. The summed E-state index contributed by atoms with van der Waals surface area (Å²) in [4.78, 5) is 24.0. The summed E-state index contributed by atoms with van der Waals surface area (Å²) in [5.41, 5.74) is 0.428. The molecule has 0 fully saturated rings. The second-order valence-corrected chi connectivity index (χ2v) is 6.18. The van der Waals surface area contributed by atoms with Crippen LogP contribution in [0.15, 0.2) is 12.2 Å². The number of unbranched alkanes of at least 4 members (excludes halogenated alkanes) is 5. The fraction of sp³-hybridized carbons (Fsp3) is 0.778. The molecule has 0 rings (SSSR count). The number of carbonyl (C=O) groups is 2. The van der Waals surface area contributed by atoms with Crippen LogP contribution in [0.1, 0.15) is 72.6 Å². The zero-order valence-electron chi connectivity index (χ0n) is 14.8. The lowest BCUT2D eigenvalue weighted by atomic mass is 9.98. The number of rotatable bonds is 12. The summed E-state index contributed by atoms with van der Waals surface area (Å²) in [6.45, 7) is 12.2. The van der Waals surface area contributed by atoms with E-state index in [1.807, 2.05) is 13.8 Å². The molecule has 0 unspecified atom stereocenters. The Balaban J connectivity index is 4.18. The average molecular weight is 310 g/mol. The highest BCUT2D eigenvalue weighted by atomic mass is 16.2. The smallest absolute Gasteiger partial charge is 0.246 e. The molecule has 0 saturated heterocycles. The van der Waals surface area contributed by atoms with Gasteiger partial charge in [-0.05, 0) is 19.3 Å². The molecule has 0 aliphatic heterocycles. The van der Waals surface area contributed by atoms with Crippen molar-refractivity contribution in [1.82, 2.24) is 10.6 Å². The fourth-order valence-corrected chi connectivity index (χ4v) is 2.19. The minimum Gasteiger partial charge on any atom is -0.354 e. The van der Waals surface area contributed by atoms with E-state index in [4.69, 9.17) is 0 Å². The van der Waals surface area contributed by atoms with E-state index in [9.17, 15) is 9.59 Å². The number of hydrogen-bond acceptors (Lipinski definition) is 2. The highest BCUT2D eigenvalue weighted by molar-refractivity contribution is 5.96. The first-order valence-electron chi connectivity index (χ1n) is 8.68. The molecule has 0 saturated carbocycles. The third kappa shape index (κ3) is 8.85. The van der Waals surface area contributed by atoms with Crippen LogP contribution in [0.5, 0.6) is 0 Å². The summed E-state index contributed by atoms with van der Waals surface area (Å²) in [6, 6.07) is -0.478. The SMILES string of the molecule is C=C(C)C(=O)N[C@H](C(=O)NCCCCCCCC)[C@@H](C)CC. The van der Waals surface area contributed by atoms with Crippen molar-refractivity contribution >= 4 is 11.8 Å². The number of amides is 2. The van der Waals surface area contributed by atoms with Crippen LogP contribution in [-0.2, 0) is 9.59 Å². The molecule has 2 amide bonds. The number of hydrogen-bond donors (Lipinski definition) is 2. The van der Waals surface area contributed by atoms with Crippen LogP contribution < -0.4 is 10.6 Å². The van der Waals surface area contributed by atoms with E-state index < -0.39 is 6.04 Å². The molecular weight excluding hydrogens is 276 g/mol. The normalized spacial score (nSPS) is 13.3. The van der Waals surface area contributed by atoms with Gasteiger partial charge in [0, 0.05) is 12.1 Å². The largest absolute Gasteiger partial charge is 0.354 e. The van der Waals surface area contributed by atoms with Crippen molar-refractivity contribution in [1.29, 1.82) is 0 Å². The Labute approximate surface area is 136 Å². The van der Waals surface area contributed by atoms with Crippen LogP contribution >= 0.6 is 0 Å². The standard InChI is InChI=1S/C18H34N2O2/c1-6-8-9-10-11-12-13-19-18(22)16(15(5)7-2)20-17(21)14(3)4/h15-16H,3,6-13H2,1-2,4-5H3,(H,19,22)(H,20,21)/t15-,16-/m0/s1. The van der Waals surface area contributed by atoms with Gasteiger partial charge in [0.2, 0.25) is 11.8 Å². The van der Waals surface area contributed by atoms with Crippen molar-refractivity contribution in [3.8, 4) is 0 Å². The summed E-state index contributed by atoms with van der Waals surface area (Å²) < 4.78 is 0. The van der Waals surface area contributed by atoms with Crippen LogP contribution in [-0.4, -0.2) is 24.4 Å². The maximum Gasteiger partial charge on any atom is 0.246 e. The van der Waals surface area contributed by atoms with Gasteiger partial charge in [0.1, 0.15) is 6.04 Å². The Bertz CT molecular complexity index is 353. The van der Waals surface area contributed by atoms with Gasteiger partial charge in [-0.2, -0.15) is 0 Å². The summed E-state index contributed by atoms with van der Waals surface area (Å²) in [7, 11) is 0. The molecular formula is C18H34N2O2. The average Bonchev–Trinajstić information content (AvgIpc) is 2.50. The highest BCUT2D eigenvalue weighted by Gasteiger charge is 2.25. The van der Waals surface area contributed by atoms with Crippen molar-refractivity contribution in [3.05, 3.63) is 12.2 Å². The molecule has 4 nitrogen and oxygen atoms in total. The summed E-state index contributed by atoms with van der Waals surface area (Å²) in [5.74, 6) is -0.231. The molecule has 22 heavy (non-hydrogen) atoms. The maximum atomic E-state index is 12.3. The van der Waals surface area contributed by atoms with E-state index in [0.717, 1.165) is 19.3 Å². The molecule has 2 N–H and O–H groups in total. The lowest BCUT2D eigenvalue weighted by molar-refractivity contribution is -0.128. The molecule has 0 aliphatic carbocycles. The van der Waals surface area contributed by atoms with Gasteiger partial charge in [-0.15, -0.1) is 0 Å². The van der Waals surface area contributed by atoms with Crippen molar-refractivity contribution in [3.63, 3.8) is 0 Å². The van der Waals surface area contributed by atoms with Gasteiger partial charge in [-0.3, -0.25) is 9.59 Å². The first-order valence-corrected chi connectivity index (χ1v) is 8.68. The quantitative estimate of drug-likeness (QED) is 0.428. The monoisotopic (exact) mass is 310 g/mol. The third-order valence-corrected chi connectivity index (χ3v) is 4.00. The topological polar surface area (TPSA) is 58.2 Å². The molecule has 128 valence electrons. The highest BCUT2D eigenvalue weighted by Crippen LogP contribution is 2.09. The second kappa shape index (κ2) is 12.2. The predicted molar refractivity (Wildman–Crippen MR) is 92.6 cm³/mol. The van der Waals surface area contributed by atoms with Crippen LogP contribution in [0.3, 0.4) is 0 Å². The van der Waals surface area contributed by atoms with Gasteiger partial charge >= 0.3 is 0 Å². The lowest BCUT2D eigenvalue weighted by Crippen LogP contribution is -2.50. The first-order chi connectivity index (χ1) is 10.4. The van der Waals surface area contributed by atoms with Crippen molar-refractivity contribution < 1.29 is 9.59 Å². The minimum absolute atomic E-state index is 0.0856. The van der Waals surface area contributed by atoms with E-state index in [2.05, 4.69) is 24.1 Å². The summed E-state index contributed by atoms with van der Waals surface area (Å²) in [6.07, 6.45) is 8.01. The van der Waals surface area contributed by atoms with Crippen LogP contribution in [0.4, 0.5) is 0 Å². The van der Waals surface area contributed by atoms with Crippen LogP contribution in [0.2, 0.25) is 0 Å². The predicted octanol–water partition coefficient (Wildman–Crippen LogP) is 3.57. The minimum atomic E-state index is -0.478. The van der Waals surface area contributed by atoms with Gasteiger partial charge in [0.05, 0.1) is 0 Å². The van der Waals surface area contributed by atoms with Crippen molar-refractivity contribution in [2.24, 2.45) is 5.92 Å². The zero-order chi connectivity index (χ0) is 17.0. The Morgan fingerprint density at radius 1 is 1.05 bits per heavy atom. The molecule has 0 aromatic rings. The molecule has 0 radical (unpaired) electrons. The van der Waals surface area contributed by atoms with Gasteiger partial charge in [0.25, 0.3) is 0 Å². The Morgan fingerprint density at radius 3 is 2.18 bits per heavy atom. The number of carbonyl (C=O) groups excluding carboxylic acids is 2. The van der Waals surface area contributed by atoms with E-state index in [0.29, 0.717) is 12.1 Å². The Hall–Kier alpha value is -1.32.